The maximum absolute atomic E-state index is 13.0. The largest absolute Gasteiger partial charge is 0.772 e. The molecule has 0 bridgehead atoms. The highest BCUT2D eigenvalue weighted by Crippen LogP contribution is 2.20. The Morgan fingerprint density at radius 3 is 2.77 bits per heavy atom. The second-order valence-corrected chi connectivity index (χ2v) is 4.39. The van der Waals surface area contributed by atoms with Crippen molar-refractivity contribution >= 4 is 27.0 Å². The summed E-state index contributed by atoms with van der Waals surface area (Å²) in [4.78, 5) is 0. The molecular weight excluding hydrogens is 259 g/mol. The van der Waals surface area contributed by atoms with E-state index in [1.54, 1.807) is 13.0 Å². The zero-order chi connectivity index (χ0) is 10.0. The summed E-state index contributed by atoms with van der Waals surface area (Å²) in [6.45, 7) is 1.74. The third-order valence-corrected chi connectivity index (χ3v) is 2.81. The fourth-order valence-corrected chi connectivity index (χ4v) is 1.99. The molecule has 13 heavy (non-hydrogen) atoms. The van der Waals surface area contributed by atoms with Crippen LogP contribution in [0.2, 0.25) is 0 Å². The SMILES string of the molecule is Cc1cc(Br)c(F)cc1CS(=O)[O-]. The molecule has 1 rings (SSSR count). The van der Waals surface area contributed by atoms with Crippen LogP contribution < -0.4 is 0 Å². The van der Waals surface area contributed by atoms with Crippen molar-refractivity contribution in [3.63, 3.8) is 0 Å². The van der Waals surface area contributed by atoms with Crippen LogP contribution in [0, 0.1) is 12.7 Å². The lowest BCUT2D eigenvalue weighted by molar-refractivity contribution is 0.536. The van der Waals surface area contributed by atoms with E-state index in [-0.39, 0.29) is 5.75 Å². The molecule has 0 heterocycles. The molecular formula is C8H7BrFO2S-. The summed E-state index contributed by atoms with van der Waals surface area (Å²) in [7, 11) is 0. The van der Waals surface area contributed by atoms with Crippen LogP contribution in [0.5, 0.6) is 0 Å². The van der Waals surface area contributed by atoms with Gasteiger partial charge in [0.1, 0.15) is 5.82 Å². The maximum Gasteiger partial charge on any atom is 0.137 e. The van der Waals surface area contributed by atoms with Gasteiger partial charge in [0.05, 0.1) is 4.47 Å². The second kappa shape index (κ2) is 4.30. The Bertz CT molecular complexity index is 354. The highest BCUT2D eigenvalue weighted by Gasteiger charge is 2.04. The number of rotatable bonds is 2. The van der Waals surface area contributed by atoms with Crippen LogP contribution >= 0.6 is 15.9 Å². The Labute approximate surface area is 86.6 Å². The average molecular weight is 266 g/mol. The quantitative estimate of drug-likeness (QED) is 0.770. The predicted octanol–water partition coefficient (Wildman–Crippen LogP) is 2.28. The summed E-state index contributed by atoms with van der Waals surface area (Å²) in [5.41, 5.74) is 1.26. The summed E-state index contributed by atoms with van der Waals surface area (Å²) in [5, 5.41) is 0. The van der Waals surface area contributed by atoms with Crippen LogP contribution in [-0.4, -0.2) is 8.76 Å². The van der Waals surface area contributed by atoms with Crippen molar-refractivity contribution in [3.05, 3.63) is 33.5 Å². The molecule has 0 radical (unpaired) electrons. The molecule has 1 aromatic carbocycles. The van der Waals surface area contributed by atoms with E-state index in [9.17, 15) is 13.2 Å². The van der Waals surface area contributed by atoms with Crippen LogP contribution in [0.25, 0.3) is 0 Å². The molecule has 0 N–H and O–H groups in total. The third kappa shape index (κ3) is 2.86. The number of hydrogen-bond acceptors (Lipinski definition) is 2. The molecule has 0 aliphatic rings. The van der Waals surface area contributed by atoms with E-state index in [1.807, 2.05) is 0 Å². The van der Waals surface area contributed by atoms with Crippen LogP contribution in [0.3, 0.4) is 0 Å². The van der Waals surface area contributed by atoms with Gasteiger partial charge in [-0.1, -0.05) is 11.1 Å². The first-order chi connectivity index (χ1) is 6.00. The van der Waals surface area contributed by atoms with E-state index in [4.69, 9.17) is 0 Å². The number of hydrogen-bond donors (Lipinski definition) is 0. The van der Waals surface area contributed by atoms with Crippen LogP contribution in [0.15, 0.2) is 16.6 Å². The lowest BCUT2D eigenvalue weighted by atomic mass is 10.1. The van der Waals surface area contributed by atoms with Gasteiger partial charge < -0.3 is 4.55 Å². The van der Waals surface area contributed by atoms with E-state index in [0.29, 0.717) is 10.0 Å². The Balaban J connectivity index is 3.08. The molecule has 0 aromatic heterocycles. The molecule has 1 unspecified atom stereocenters. The molecule has 0 aliphatic carbocycles. The van der Waals surface area contributed by atoms with E-state index in [0.717, 1.165) is 5.56 Å². The number of benzene rings is 1. The molecule has 72 valence electrons. The van der Waals surface area contributed by atoms with Crippen LogP contribution in [0.1, 0.15) is 11.1 Å². The highest BCUT2D eigenvalue weighted by molar-refractivity contribution is 9.10. The lowest BCUT2D eigenvalue weighted by Crippen LogP contribution is -1.97. The summed E-state index contributed by atoms with van der Waals surface area (Å²) in [6, 6.07) is 2.80. The molecule has 1 atom stereocenters. The smallest absolute Gasteiger partial charge is 0.137 e. The first-order valence-electron chi connectivity index (χ1n) is 3.51. The maximum atomic E-state index is 13.0. The summed E-state index contributed by atoms with van der Waals surface area (Å²) in [5.74, 6) is -0.582. The predicted molar refractivity (Wildman–Crippen MR) is 51.5 cm³/mol. The van der Waals surface area contributed by atoms with Gasteiger partial charge in [-0.15, -0.1) is 0 Å². The van der Waals surface area contributed by atoms with Crippen molar-refractivity contribution < 1.29 is 13.2 Å². The molecule has 0 saturated carbocycles. The summed E-state index contributed by atoms with van der Waals surface area (Å²) < 4.78 is 34.1. The fourth-order valence-electron chi connectivity index (χ4n) is 0.970. The van der Waals surface area contributed by atoms with Gasteiger partial charge in [0.2, 0.25) is 0 Å². The Kier molecular flexibility index (Phi) is 3.58. The third-order valence-electron chi connectivity index (χ3n) is 1.65. The van der Waals surface area contributed by atoms with Gasteiger partial charge in [-0.2, -0.15) is 0 Å². The minimum Gasteiger partial charge on any atom is -0.772 e. The van der Waals surface area contributed by atoms with Gasteiger partial charge >= 0.3 is 0 Å². The van der Waals surface area contributed by atoms with Crippen molar-refractivity contribution in [1.29, 1.82) is 0 Å². The summed E-state index contributed by atoms with van der Waals surface area (Å²) in [6.07, 6.45) is 0. The van der Waals surface area contributed by atoms with Crippen molar-refractivity contribution in [3.8, 4) is 0 Å². The Morgan fingerprint density at radius 1 is 1.62 bits per heavy atom. The molecule has 1 aromatic rings. The minimum atomic E-state index is -2.17. The number of halogens is 2. The van der Waals surface area contributed by atoms with Crippen molar-refractivity contribution in [2.75, 3.05) is 0 Å². The molecule has 2 nitrogen and oxygen atoms in total. The molecule has 0 aliphatic heterocycles. The number of aryl methyl sites for hydroxylation is 1. The zero-order valence-electron chi connectivity index (χ0n) is 6.84. The zero-order valence-corrected chi connectivity index (χ0v) is 9.24. The van der Waals surface area contributed by atoms with Gasteiger partial charge in [0.15, 0.2) is 0 Å². The molecule has 0 spiro atoms. The second-order valence-electron chi connectivity index (χ2n) is 2.64. The van der Waals surface area contributed by atoms with E-state index in [2.05, 4.69) is 15.9 Å². The first kappa shape index (κ1) is 10.8. The normalized spacial score (nSPS) is 12.9. The van der Waals surface area contributed by atoms with E-state index < -0.39 is 16.9 Å². The standard InChI is InChI=1S/C8H8BrFO2S/c1-5-2-7(9)8(10)3-6(5)4-13(11)12/h2-3H,4H2,1H3,(H,11,12)/p-1. The monoisotopic (exact) mass is 265 g/mol. The fraction of sp³-hybridized carbons (Fsp3) is 0.250. The lowest BCUT2D eigenvalue weighted by Gasteiger charge is -2.09. The molecule has 0 saturated heterocycles. The van der Waals surface area contributed by atoms with Gasteiger partial charge in [-0.25, -0.2) is 4.39 Å². The Morgan fingerprint density at radius 2 is 2.23 bits per heavy atom. The van der Waals surface area contributed by atoms with Gasteiger partial charge in [0, 0.05) is 5.75 Å². The van der Waals surface area contributed by atoms with Crippen molar-refractivity contribution in [2.45, 2.75) is 12.7 Å². The van der Waals surface area contributed by atoms with E-state index in [1.165, 1.54) is 6.07 Å². The van der Waals surface area contributed by atoms with Crippen molar-refractivity contribution in [1.82, 2.24) is 0 Å². The van der Waals surface area contributed by atoms with Crippen LogP contribution in [0.4, 0.5) is 4.39 Å². The summed E-state index contributed by atoms with van der Waals surface area (Å²) >= 11 is 0.844. The molecule has 0 amide bonds. The Hall–Kier alpha value is -0.260. The minimum absolute atomic E-state index is 0.143. The van der Waals surface area contributed by atoms with Gasteiger partial charge in [0.25, 0.3) is 0 Å². The van der Waals surface area contributed by atoms with Crippen molar-refractivity contribution in [2.24, 2.45) is 0 Å². The average Bonchev–Trinajstić information content (AvgIpc) is 1.99. The van der Waals surface area contributed by atoms with Gasteiger partial charge in [-0.3, -0.25) is 4.21 Å². The first-order valence-corrected chi connectivity index (χ1v) is 5.55. The highest BCUT2D eigenvalue weighted by atomic mass is 79.9. The van der Waals surface area contributed by atoms with E-state index >= 15 is 0 Å². The van der Waals surface area contributed by atoms with Crippen LogP contribution in [-0.2, 0) is 16.8 Å². The van der Waals surface area contributed by atoms with Gasteiger partial charge in [-0.05, 0) is 46.1 Å². The topological polar surface area (TPSA) is 40.1 Å². The molecule has 0 fully saturated rings. The molecule has 5 heteroatoms.